The SMILES string of the molecule is [2H]c1c([2H])c([2H])c(-n2c3ccccc3c3cc4c5cc6c7cc8c9ccccc9n(-c9c([2H])c([2H])c([2H])c([2H])c9[2H])c8c8ccn(c6cc5n5ccc(c32)c45)c78)c([2H])c1[2H]. The smallest absolute Gasteiger partial charge is 0.0645 e. The van der Waals surface area contributed by atoms with Crippen molar-refractivity contribution >= 4 is 98.0 Å². The van der Waals surface area contributed by atoms with E-state index >= 15 is 0 Å². The fourth-order valence-corrected chi connectivity index (χ4v) is 8.97. The van der Waals surface area contributed by atoms with Crippen LogP contribution in [0.3, 0.4) is 0 Å². The topological polar surface area (TPSA) is 18.7 Å². The van der Waals surface area contributed by atoms with E-state index in [0.29, 0.717) is 0 Å². The summed E-state index contributed by atoms with van der Waals surface area (Å²) in [6, 6.07) is 25.0. The molecule has 0 fully saturated rings. The first kappa shape index (κ1) is 18.1. The van der Waals surface area contributed by atoms with Gasteiger partial charge in [0.25, 0.3) is 0 Å². The molecule has 0 unspecified atom stereocenters. The maximum absolute atomic E-state index is 8.95. The zero-order valence-electron chi connectivity index (χ0n) is 36.0. The van der Waals surface area contributed by atoms with E-state index in [0.717, 1.165) is 98.0 Å². The van der Waals surface area contributed by atoms with Crippen LogP contribution in [0.1, 0.15) is 13.7 Å². The molecule has 4 nitrogen and oxygen atoms in total. The first-order valence-corrected chi connectivity index (χ1v) is 16.5. The van der Waals surface area contributed by atoms with Gasteiger partial charge in [-0.25, -0.2) is 0 Å². The van der Waals surface area contributed by atoms with Gasteiger partial charge in [-0.1, -0.05) is 72.7 Å². The summed E-state index contributed by atoms with van der Waals surface area (Å²) >= 11 is 0. The van der Waals surface area contributed by atoms with Gasteiger partial charge in [-0.15, -0.1) is 0 Å². The number of hydrogen-bond donors (Lipinski definition) is 0. The first-order chi connectivity index (χ1) is 29.0. The van der Waals surface area contributed by atoms with Crippen molar-refractivity contribution in [2.24, 2.45) is 0 Å². The van der Waals surface area contributed by atoms with E-state index in [2.05, 4.69) is 33.1 Å². The highest BCUT2D eigenvalue weighted by atomic mass is 15.0. The van der Waals surface area contributed by atoms with E-state index in [4.69, 9.17) is 13.7 Å². The van der Waals surface area contributed by atoms with Gasteiger partial charge < -0.3 is 17.9 Å². The summed E-state index contributed by atoms with van der Waals surface area (Å²) in [5.41, 5.74) is 7.13. The third-order valence-corrected chi connectivity index (χ3v) is 10.8. The Balaban J connectivity index is 1.15. The molecule has 0 aliphatic rings. The lowest BCUT2D eigenvalue weighted by Crippen LogP contribution is -1.93. The van der Waals surface area contributed by atoms with Crippen LogP contribution in [0.15, 0.2) is 158 Å². The second-order valence-electron chi connectivity index (χ2n) is 13.1. The third kappa shape index (κ3) is 2.84. The summed E-state index contributed by atoms with van der Waals surface area (Å²) in [5.74, 6) is 0. The maximum atomic E-state index is 8.95. The Kier molecular flexibility index (Phi) is 3.12. The van der Waals surface area contributed by atoms with Gasteiger partial charge in [-0.3, -0.25) is 0 Å². The maximum Gasteiger partial charge on any atom is 0.0645 e. The van der Waals surface area contributed by atoms with Crippen molar-refractivity contribution in [2.75, 3.05) is 0 Å². The van der Waals surface area contributed by atoms with Gasteiger partial charge in [0, 0.05) is 77.6 Å². The minimum absolute atomic E-state index is 0.109. The van der Waals surface area contributed by atoms with Crippen molar-refractivity contribution in [1.29, 1.82) is 0 Å². The fraction of sp³-hybridized carbons (Fsp3) is 0. The van der Waals surface area contributed by atoms with Gasteiger partial charge in [-0.2, -0.15) is 0 Å². The average molecular weight is 645 g/mol. The molecule has 0 saturated heterocycles. The van der Waals surface area contributed by atoms with Crippen molar-refractivity contribution in [2.45, 2.75) is 0 Å². The van der Waals surface area contributed by atoms with E-state index in [1.807, 2.05) is 82.2 Å². The van der Waals surface area contributed by atoms with Crippen LogP contribution in [-0.2, 0) is 0 Å². The second kappa shape index (κ2) is 8.62. The number of nitrogens with zero attached hydrogens (tertiary/aromatic N) is 4. The Hall–Kier alpha value is -6.78. The van der Waals surface area contributed by atoms with E-state index in [1.165, 1.54) is 0 Å². The van der Waals surface area contributed by atoms with Crippen molar-refractivity contribution < 1.29 is 13.7 Å². The molecule has 6 aromatic heterocycles. The lowest BCUT2D eigenvalue weighted by Gasteiger charge is -2.08. The average Bonchev–Trinajstić information content (AvgIpc) is 4.11. The molecular formula is C46H26N4. The predicted molar refractivity (Wildman–Crippen MR) is 209 cm³/mol. The Morgan fingerprint density at radius 1 is 0.340 bits per heavy atom. The molecule has 4 heteroatoms. The van der Waals surface area contributed by atoms with Crippen molar-refractivity contribution in [1.82, 2.24) is 17.9 Å². The van der Waals surface area contributed by atoms with Crippen LogP contribution >= 0.6 is 0 Å². The van der Waals surface area contributed by atoms with Crippen molar-refractivity contribution in [3.05, 3.63) is 158 Å². The van der Waals surface area contributed by atoms with Gasteiger partial charge in [0.05, 0.1) is 57.8 Å². The number of hydrogen-bond acceptors (Lipinski definition) is 0. The summed E-state index contributed by atoms with van der Waals surface area (Å²) in [5, 5.41) is 9.53. The second-order valence-corrected chi connectivity index (χ2v) is 13.1. The normalized spacial score (nSPS) is 15.6. The Morgan fingerprint density at radius 2 is 0.760 bits per heavy atom. The Labute approximate surface area is 298 Å². The van der Waals surface area contributed by atoms with E-state index < -0.39 is 12.1 Å². The van der Waals surface area contributed by atoms with Crippen LogP contribution in [0.5, 0.6) is 0 Å². The summed E-state index contributed by atoms with van der Waals surface area (Å²) in [4.78, 5) is 0. The zero-order valence-corrected chi connectivity index (χ0v) is 26.0. The van der Waals surface area contributed by atoms with E-state index in [1.54, 1.807) is 0 Å². The molecule has 50 heavy (non-hydrogen) atoms. The number of aromatic nitrogens is 4. The molecular weight excluding hydrogens is 609 g/mol. The lowest BCUT2D eigenvalue weighted by atomic mass is 10.0. The molecule has 0 aliphatic heterocycles. The van der Waals surface area contributed by atoms with Gasteiger partial charge in [0.1, 0.15) is 0 Å². The molecule has 0 spiro atoms. The molecule has 7 aromatic carbocycles. The van der Waals surface area contributed by atoms with Crippen LogP contribution in [0.2, 0.25) is 0 Å². The summed E-state index contributed by atoms with van der Waals surface area (Å²) in [6.07, 6.45) is 4.07. The van der Waals surface area contributed by atoms with Gasteiger partial charge in [0.2, 0.25) is 0 Å². The zero-order chi connectivity index (χ0) is 40.9. The van der Waals surface area contributed by atoms with Gasteiger partial charge in [0.15, 0.2) is 0 Å². The lowest BCUT2D eigenvalue weighted by molar-refractivity contribution is 1.19. The molecule has 13 rings (SSSR count). The molecule has 0 aliphatic carbocycles. The molecule has 6 heterocycles. The van der Waals surface area contributed by atoms with Crippen LogP contribution in [0, 0.1) is 0 Å². The largest absolute Gasteiger partial charge is 0.315 e. The fourth-order valence-electron chi connectivity index (χ4n) is 8.97. The van der Waals surface area contributed by atoms with Crippen LogP contribution in [0.4, 0.5) is 0 Å². The van der Waals surface area contributed by atoms with Gasteiger partial charge in [-0.05, 0) is 72.7 Å². The number of para-hydroxylation sites is 4. The van der Waals surface area contributed by atoms with Gasteiger partial charge >= 0.3 is 0 Å². The monoisotopic (exact) mass is 644 g/mol. The first-order valence-electron chi connectivity index (χ1n) is 21.5. The minimum atomic E-state index is -0.434. The minimum Gasteiger partial charge on any atom is -0.315 e. The standard InChI is InChI=1S/C46H26N4/c1-3-11-27(12-4-1)49-39-17-9-7-15-29(39)35-24-37-33-23-34-38-25-36-30-16-8-10-18-40(30)50(28-13-5-2-6-14-28)46(36)32-20-22-48(44(32)38)42(34)26-41(33)47-21-19-31(43(37)47)45(35)49/h1-26H/i1D,2D,3D,4D,5D,6D,11D,12D,13D,14D. The highest BCUT2D eigenvalue weighted by Gasteiger charge is 2.24. The van der Waals surface area contributed by atoms with Crippen molar-refractivity contribution in [3.63, 3.8) is 0 Å². The Bertz CT molecular complexity index is 3810. The van der Waals surface area contributed by atoms with Crippen LogP contribution in [0.25, 0.3) is 109 Å². The van der Waals surface area contributed by atoms with Crippen molar-refractivity contribution in [3.8, 4) is 11.4 Å². The third-order valence-electron chi connectivity index (χ3n) is 10.8. The van der Waals surface area contributed by atoms with E-state index in [9.17, 15) is 0 Å². The molecule has 230 valence electrons. The molecule has 13 aromatic rings. The molecule has 0 N–H and O–H groups in total. The number of fused-ring (bicyclic) bond motifs is 14. The molecule has 0 saturated carbocycles. The summed E-state index contributed by atoms with van der Waals surface area (Å²) < 4.78 is 94.3. The number of rotatable bonds is 2. The molecule has 0 bridgehead atoms. The number of benzene rings is 7. The van der Waals surface area contributed by atoms with Crippen LogP contribution < -0.4 is 0 Å². The highest BCUT2D eigenvalue weighted by molar-refractivity contribution is 6.31. The molecule has 0 radical (unpaired) electrons. The quantitative estimate of drug-likeness (QED) is 0.178. The molecule has 0 atom stereocenters. The summed E-state index contributed by atoms with van der Waals surface area (Å²) in [7, 11) is 0. The highest BCUT2D eigenvalue weighted by Crippen LogP contribution is 2.46. The van der Waals surface area contributed by atoms with E-state index in [-0.39, 0.29) is 59.7 Å². The molecule has 0 amide bonds. The van der Waals surface area contributed by atoms with Crippen LogP contribution in [-0.4, -0.2) is 17.9 Å². The Morgan fingerprint density at radius 3 is 1.24 bits per heavy atom. The predicted octanol–water partition coefficient (Wildman–Crippen LogP) is 11.9. The summed E-state index contributed by atoms with van der Waals surface area (Å²) in [6.45, 7) is 0.